The van der Waals surface area contributed by atoms with Gasteiger partial charge >= 0.3 is 5.69 Å². The normalized spacial score (nSPS) is 26.2. The molecule has 3 N–H and O–H groups in total. The summed E-state index contributed by atoms with van der Waals surface area (Å²) >= 11 is 0. The highest BCUT2D eigenvalue weighted by molar-refractivity contribution is 6.75. The molecule has 1 aliphatic heterocycles. The summed E-state index contributed by atoms with van der Waals surface area (Å²) in [7, 11) is -2.12. The molecule has 1 fully saturated rings. The molecule has 0 bridgehead atoms. The van der Waals surface area contributed by atoms with Gasteiger partial charge in [-0.15, -0.1) is 0 Å². The van der Waals surface area contributed by atoms with Crippen molar-refractivity contribution in [2.45, 2.75) is 63.8 Å². The number of anilines is 1. The average Bonchev–Trinajstić information content (AvgIpc) is 2.96. The van der Waals surface area contributed by atoms with Gasteiger partial charge in [0.2, 0.25) is 0 Å². The van der Waals surface area contributed by atoms with Gasteiger partial charge in [0.05, 0.1) is 18.8 Å². The number of nitrogens with two attached hydrogens (primary N) is 1. The van der Waals surface area contributed by atoms with Gasteiger partial charge in [0.15, 0.2) is 14.5 Å². The number of aliphatic hydroxyl groups is 1. The van der Waals surface area contributed by atoms with E-state index in [-0.39, 0.29) is 12.4 Å². The Hall–Kier alpha value is -1.73. The minimum Gasteiger partial charge on any atom is -0.409 e. The van der Waals surface area contributed by atoms with Crippen LogP contribution in [-0.2, 0) is 9.16 Å². The number of nitrogens with zero attached hydrogens (tertiary/aromatic N) is 3. The fourth-order valence-corrected chi connectivity index (χ4v) is 7.25. The average molecular weight is 381 g/mol. The topological polar surface area (TPSA) is 123 Å². The molecule has 0 saturated carbocycles. The van der Waals surface area contributed by atoms with Gasteiger partial charge in [0.1, 0.15) is 17.8 Å². The lowest BCUT2D eigenvalue weighted by atomic mass is 10.0. The van der Waals surface area contributed by atoms with E-state index in [1.807, 2.05) is 0 Å². The van der Waals surface area contributed by atoms with Crippen LogP contribution in [0.25, 0.3) is 0 Å². The van der Waals surface area contributed by atoms with Crippen molar-refractivity contribution in [2.24, 2.45) is 5.92 Å². The third-order valence-electron chi connectivity index (χ3n) is 5.42. The lowest BCUT2D eigenvalue weighted by Crippen LogP contribution is -2.48. The monoisotopic (exact) mass is 380 g/mol. The van der Waals surface area contributed by atoms with E-state index >= 15 is 0 Å². The Labute approximate surface area is 154 Å². The van der Waals surface area contributed by atoms with Crippen LogP contribution in [0.4, 0.5) is 5.82 Å². The quantitative estimate of drug-likeness (QED) is 0.689. The number of aliphatic hydroxyl groups excluding tert-OH is 1. The van der Waals surface area contributed by atoms with Crippen LogP contribution in [-0.4, -0.2) is 41.8 Å². The molecule has 0 aliphatic carbocycles. The first-order chi connectivity index (χ1) is 12.3. The largest absolute Gasteiger partial charge is 0.409 e. The summed E-state index contributed by atoms with van der Waals surface area (Å²) in [6.45, 7) is 8.19. The van der Waals surface area contributed by atoms with Crippen molar-refractivity contribution >= 4 is 14.1 Å². The molecule has 2 heterocycles. The van der Waals surface area contributed by atoms with E-state index in [1.54, 1.807) is 0 Å². The number of nitriles is 1. The Morgan fingerprint density at radius 1 is 1.50 bits per heavy atom. The summed E-state index contributed by atoms with van der Waals surface area (Å²) in [6, 6.07) is 5.51. The first-order valence-electron chi connectivity index (χ1n) is 9.01. The number of ether oxygens (including phenoxy) is 1. The Morgan fingerprint density at radius 2 is 2.15 bits per heavy atom. The van der Waals surface area contributed by atoms with Crippen LogP contribution < -0.4 is 11.4 Å². The maximum atomic E-state index is 12.2. The third kappa shape index (κ3) is 3.69. The number of nitrogen functional groups attached to an aromatic ring is 1. The summed E-state index contributed by atoms with van der Waals surface area (Å²) in [5.74, 6) is -0.619. The van der Waals surface area contributed by atoms with Crippen LogP contribution in [0, 0.1) is 17.2 Å². The number of aromatic nitrogens is 2. The lowest BCUT2D eigenvalue weighted by molar-refractivity contribution is -0.0451. The van der Waals surface area contributed by atoms with E-state index < -0.39 is 38.4 Å². The molecule has 1 saturated heterocycles. The van der Waals surface area contributed by atoms with E-state index in [2.05, 4.69) is 38.7 Å². The molecule has 9 heteroatoms. The zero-order chi connectivity index (χ0) is 19.5. The van der Waals surface area contributed by atoms with Crippen molar-refractivity contribution < 1.29 is 14.3 Å². The van der Waals surface area contributed by atoms with Gasteiger partial charge < -0.3 is 20.0 Å². The first-order valence-corrected chi connectivity index (χ1v) is 11.4. The van der Waals surface area contributed by atoms with E-state index in [4.69, 9.17) is 14.9 Å². The summed E-state index contributed by atoms with van der Waals surface area (Å²) in [4.78, 5) is 15.9. The maximum Gasteiger partial charge on any atom is 0.351 e. The number of rotatable bonds is 7. The van der Waals surface area contributed by atoms with E-state index in [0.717, 1.165) is 12.1 Å². The molecule has 4 atom stereocenters. The molecule has 2 rings (SSSR count). The van der Waals surface area contributed by atoms with Gasteiger partial charge in [0.25, 0.3) is 0 Å². The Bertz CT molecular complexity index is 713. The highest BCUT2D eigenvalue weighted by atomic mass is 28.4. The van der Waals surface area contributed by atoms with Crippen molar-refractivity contribution in [1.82, 2.24) is 9.55 Å². The molecule has 26 heavy (non-hydrogen) atoms. The summed E-state index contributed by atoms with van der Waals surface area (Å²) in [5.41, 5.74) is 5.30. The molecule has 0 spiro atoms. The van der Waals surface area contributed by atoms with E-state index in [0.29, 0.717) is 5.54 Å². The van der Waals surface area contributed by atoms with Crippen LogP contribution >= 0.6 is 0 Å². The molecule has 1 aromatic rings. The van der Waals surface area contributed by atoms with E-state index in [9.17, 15) is 15.2 Å². The highest BCUT2D eigenvalue weighted by Gasteiger charge is 2.50. The third-order valence-corrected chi connectivity index (χ3v) is 10.7. The summed E-state index contributed by atoms with van der Waals surface area (Å²) in [5, 5.41) is 19.6. The minimum absolute atomic E-state index is 0.104. The summed E-state index contributed by atoms with van der Waals surface area (Å²) < 4.78 is 13.6. The molecular weight excluding hydrogens is 352 g/mol. The highest BCUT2D eigenvalue weighted by Crippen LogP contribution is 2.40. The molecule has 0 amide bonds. The molecule has 0 radical (unpaired) electrons. The van der Waals surface area contributed by atoms with Gasteiger partial charge in [-0.2, -0.15) is 10.2 Å². The first kappa shape index (κ1) is 20.6. The van der Waals surface area contributed by atoms with Crippen molar-refractivity contribution in [3.63, 3.8) is 0 Å². The lowest BCUT2D eigenvalue weighted by Gasteiger charge is -2.37. The molecule has 1 aromatic heterocycles. The zero-order valence-electron chi connectivity index (χ0n) is 15.8. The fourth-order valence-electron chi connectivity index (χ4n) is 3.67. The Balaban J connectivity index is 2.40. The van der Waals surface area contributed by atoms with Crippen LogP contribution in [0.2, 0.25) is 17.6 Å². The van der Waals surface area contributed by atoms with Crippen LogP contribution in [0.5, 0.6) is 0 Å². The minimum atomic E-state index is -2.12. The van der Waals surface area contributed by atoms with E-state index in [1.165, 1.54) is 16.8 Å². The van der Waals surface area contributed by atoms with Gasteiger partial charge in [0, 0.05) is 6.20 Å². The van der Waals surface area contributed by atoms with Gasteiger partial charge in [-0.05, 0) is 23.7 Å². The van der Waals surface area contributed by atoms with Gasteiger partial charge in [-0.25, -0.2) is 4.79 Å². The Kier molecular flexibility index (Phi) is 6.57. The van der Waals surface area contributed by atoms with Gasteiger partial charge in [-0.3, -0.25) is 4.57 Å². The smallest absolute Gasteiger partial charge is 0.351 e. The molecule has 1 aliphatic rings. The second-order valence-electron chi connectivity index (χ2n) is 6.95. The van der Waals surface area contributed by atoms with Crippen LogP contribution in [0.3, 0.4) is 0 Å². The molecule has 144 valence electrons. The van der Waals surface area contributed by atoms with Crippen LogP contribution in [0.15, 0.2) is 17.1 Å². The van der Waals surface area contributed by atoms with Crippen molar-refractivity contribution in [3.05, 3.63) is 22.7 Å². The maximum absolute atomic E-state index is 12.2. The summed E-state index contributed by atoms with van der Waals surface area (Å²) in [6.07, 6.45) is -0.662. The zero-order valence-corrected chi connectivity index (χ0v) is 16.8. The SMILES string of the molecule is CC[Si](CC)(O[C@H]1[C@H](C#N)[C@H](n2ccc(N)nc2=O)O[C@@H]1CO)C(C)C. The molecule has 0 aromatic carbocycles. The second-order valence-corrected chi connectivity index (χ2v) is 11.9. The molecule has 8 nitrogen and oxygen atoms in total. The number of hydrogen-bond acceptors (Lipinski definition) is 7. The standard InChI is InChI=1S/C17H28N4O4Si/c1-5-26(6-2,11(3)4)25-15-12(9-18)16(24-13(15)10-22)21-8-7-14(19)20-17(21)23/h7-8,11-13,15-16,22H,5-6,10H2,1-4H3,(H2,19,20,23)/t12-,13+,15-,16+/m0/s1. The van der Waals surface area contributed by atoms with Gasteiger partial charge in [-0.1, -0.05) is 27.7 Å². The van der Waals surface area contributed by atoms with Crippen molar-refractivity contribution in [1.29, 1.82) is 5.26 Å². The number of hydrogen-bond donors (Lipinski definition) is 2. The molecular formula is C17H28N4O4Si. The van der Waals surface area contributed by atoms with Crippen LogP contribution in [0.1, 0.15) is 33.9 Å². The van der Waals surface area contributed by atoms with Crippen molar-refractivity contribution in [3.8, 4) is 6.07 Å². The fraction of sp³-hybridized carbons (Fsp3) is 0.706. The molecule has 0 unspecified atom stereocenters. The predicted octanol–water partition coefficient (Wildman–Crippen LogP) is 1.64. The van der Waals surface area contributed by atoms with Crippen molar-refractivity contribution in [2.75, 3.05) is 12.3 Å². The second kappa shape index (κ2) is 8.31. The predicted molar refractivity (Wildman–Crippen MR) is 99.7 cm³/mol. The Morgan fingerprint density at radius 3 is 2.62 bits per heavy atom.